The Morgan fingerprint density at radius 1 is 1.12 bits per heavy atom. The molecule has 0 atom stereocenters. The largest absolute Gasteiger partial charge is 0.484 e. The Morgan fingerprint density at radius 3 is 2.31 bits per heavy atom. The molecule has 0 fully saturated rings. The highest BCUT2D eigenvalue weighted by Crippen LogP contribution is 2.20. The van der Waals surface area contributed by atoms with Crippen molar-refractivity contribution in [2.24, 2.45) is 5.14 Å². The number of hydrogen-bond acceptors (Lipinski definition) is 5. The molecule has 0 unspecified atom stereocenters. The van der Waals surface area contributed by atoms with Crippen molar-refractivity contribution in [1.82, 2.24) is 0 Å². The predicted octanol–water partition coefficient (Wildman–Crippen LogP) is 2.12. The van der Waals surface area contributed by atoms with Crippen LogP contribution in [-0.4, -0.2) is 26.7 Å². The van der Waals surface area contributed by atoms with E-state index in [-0.39, 0.29) is 17.3 Å². The molecule has 7 nitrogen and oxygen atoms in total. The number of Topliss-reactive ketones (excluding diaryl/α,β-unsaturated/α-hetero) is 1. The summed E-state index contributed by atoms with van der Waals surface area (Å²) in [4.78, 5) is 23.2. The first-order chi connectivity index (χ1) is 12.2. The molecule has 2 aromatic carbocycles. The number of nitrogens with two attached hydrogens (primary N) is 1. The molecule has 3 N–H and O–H groups in total. The van der Waals surface area contributed by atoms with Gasteiger partial charge in [-0.25, -0.2) is 13.6 Å². The summed E-state index contributed by atoms with van der Waals surface area (Å²) < 4.78 is 28.7. The summed E-state index contributed by atoms with van der Waals surface area (Å²) in [7, 11) is -3.88. The van der Waals surface area contributed by atoms with E-state index in [9.17, 15) is 18.0 Å². The fourth-order valence-electron chi connectivity index (χ4n) is 2.32. The average molecular weight is 376 g/mol. The second-order valence-electron chi connectivity index (χ2n) is 5.64. The number of carbonyl (C=O) groups excluding carboxylic acids is 2. The highest BCUT2D eigenvalue weighted by Gasteiger charge is 2.14. The summed E-state index contributed by atoms with van der Waals surface area (Å²) in [5.74, 6) is -0.0718. The van der Waals surface area contributed by atoms with E-state index in [0.717, 1.165) is 0 Å². The van der Waals surface area contributed by atoms with Gasteiger partial charge < -0.3 is 10.1 Å². The van der Waals surface area contributed by atoms with Crippen molar-refractivity contribution in [1.29, 1.82) is 0 Å². The summed E-state index contributed by atoms with van der Waals surface area (Å²) >= 11 is 0. The maximum atomic E-state index is 12.0. The summed E-state index contributed by atoms with van der Waals surface area (Å²) in [5.41, 5.74) is 1.44. The van der Waals surface area contributed by atoms with Gasteiger partial charge in [-0.15, -0.1) is 0 Å². The fraction of sp³-hybridized carbons (Fsp3) is 0.222. The van der Waals surface area contributed by atoms with E-state index in [1.165, 1.54) is 13.0 Å². The molecular formula is C18H20N2O5S. The normalized spacial score (nSPS) is 11.0. The molecule has 0 radical (unpaired) electrons. The number of hydrogen-bond donors (Lipinski definition) is 2. The summed E-state index contributed by atoms with van der Waals surface area (Å²) in [6.07, 6.45) is 0.499. The quantitative estimate of drug-likeness (QED) is 0.718. The molecule has 0 aliphatic rings. The van der Waals surface area contributed by atoms with E-state index in [1.54, 1.807) is 36.4 Å². The molecule has 0 aliphatic heterocycles. The molecule has 8 heteroatoms. The number of primary sulfonamides is 1. The van der Waals surface area contributed by atoms with Crippen LogP contribution in [0.1, 0.15) is 29.8 Å². The van der Waals surface area contributed by atoms with Gasteiger partial charge in [0.1, 0.15) is 5.75 Å². The highest BCUT2D eigenvalue weighted by molar-refractivity contribution is 7.89. The van der Waals surface area contributed by atoms with Gasteiger partial charge in [-0.05, 0) is 55.3 Å². The van der Waals surface area contributed by atoms with Gasteiger partial charge in [0.2, 0.25) is 10.0 Å². The number of rotatable bonds is 7. The first-order valence-electron chi connectivity index (χ1n) is 7.90. The molecule has 0 aliphatic carbocycles. The zero-order chi connectivity index (χ0) is 19.3. The lowest BCUT2D eigenvalue weighted by Crippen LogP contribution is -2.21. The number of anilines is 1. The van der Waals surface area contributed by atoms with Crippen molar-refractivity contribution in [3.63, 3.8) is 0 Å². The lowest BCUT2D eigenvalue weighted by Gasteiger charge is -2.11. The molecule has 0 heterocycles. The van der Waals surface area contributed by atoms with Crippen LogP contribution in [0.4, 0.5) is 5.69 Å². The standard InChI is InChI=1S/C18H20N2O5S/c1-3-13-4-7-15(10-17(13)26(19,23)24)20-18(22)11-25-16-8-5-14(6-9-16)12(2)21/h4-10H,3,11H2,1-2H3,(H,20,22)(H2,19,23,24). The van der Waals surface area contributed by atoms with Gasteiger partial charge in [0.25, 0.3) is 5.91 Å². The SMILES string of the molecule is CCc1ccc(NC(=O)COc2ccc(C(C)=O)cc2)cc1S(N)(=O)=O. The van der Waals surface area contributed by atoms with Crippen molar-refractivity contribution < 1.29 is 22.7 Å². The van der Waals surface area contributed by atoms with Crippen molar-refractivity contribution in [2.45, 2.75) is 25.2 Å². The third kappa shape index (κ3) is 5.14. The van der Waals surface area contributed by atoms with Gasteiger partial charge in [-0.2, -0.15) is 0 Å². The molecule has 138 valence electrons. The Hall–Kier alpha value is -2.71. The van der Waals surface area contributed by atoms with Crippen LogP contribution in [0.15, 0.2) is 47.4 Å². The minimum absolute atomic E-state index is 0.0152. The van der Waals surface area contributed by atoms with E-state index >= 15 is 0 Å². The van der Waals surface area contributed by atoms with Crippen molar-refractivity contribution in [3.8, 4) is 5.75 Å². The van der Waals surface area contributed by atoms with Crippen LogP contribution >= 0.6 is 0 Å². The molecule has 0 spiro atoms. The summed E-state index contributed by atoms with van der Waals surface area (Å²) in [5, 5.41) is 7.78. The van der Waals surface area contributed by atoms with Crippen LogP contribution in [0.2, 0.25) is 0 Å². The van der Waals surface area contributed by atoms with Crippen LogP contribution in [0, 0.1) is 0 Å². The Bertz CT molecular complexity index is 921. The molecule has 0 bridgehead atoms. The number of benzene rings is 2. The van der Waals surface area contributed by atoms with E-state index in [0.29, 0.717) is 29.0 Å². The predicted molar refractivity (Wildman–Crippen MR) is 97.8 cm³/mol. The minimum Gasteiger partial charge on any atom is -0.484 e. The fourth-order valence-corrected chi connectivity index (χ4v) is 3.19. The summed E-state index contributed by atoms with van der Waals surface area (Å²) in [6, 6.07) is 10.9. The number of carbonyl (C=O) groups is 2. The number of ether oxygens (including phenoxy) is 1. The molecule has 0 saturated heterocycles. The third-order valence-electron chi connectivity index (χ3n) is 3.67. The molecule has 26 heavy (non-hydrogen) atoms. The number of sulfonamides is 1. The van der Waals surface area contributed by atoms with E-state index in [4.69, 9.17) is 9.88 Å². The van der Waals surface area contributed by atoms with Gasteiger partial charge in [0.15, 0.2) is 12.4 Å². The molecular weight excluding hydrogens is 356 g/mol. The molecule has 0 aromatic heterocycles. The smallest absolute Gasteiger partial charge is 0.262 e. The van der Waals surface area contributed by atoms with Gasteiger partial charge in [0.05, 0.1) is 4.90 Å². The van der Waals surface area contributed by atoms with Crippen molar-refractivity contribution in [3.05, 3.63) is 53.6 Å². The Balaban J connectivity index is 2.02. The number of amides is 1. The zero-order valence-electron chi connectivity index (χ0n) is 14.5. The van der Waals surface area contributed by atoms with Crippen molar-refractivity contribution >= 4 is 27.4 Å². The first kappa shape index (κ1) is 19.6. The lowest BCUT2D eigenvalue weighted by atomic mass is 10.1. The van der Waals surface area contributed by atoms with Crippen molar-refractivity contribution in [2.75, 3.05) is 11.9 Å². The second kappa shape index (κ2) is 8.11. The highest BCUT2D eigenvalue weighted by atomic mass is 32.2. The first-order valence-corrected chi connectivity index (χ1v) is 9.44. The van der Waals surface area contributed by atoms with Gasteiger partial charge in [0, 0.05) is 11.3 Å². The molecule has 0 saturated carbocycles. The molecule has 1 amide bonds. The Kier molecular flexibility index (Phi) is 6.12. The maximum Gasteiger partial charge on any atom is 0.262 e. The molecule has 2 aromatic rings. The van der Waals surface area contributed by atoms with Crippen LogP contribution in [0.25, 0.3) is 0 Å². The van der Waals surface area contributed by atoms with Gasteiger partial charge >= 0.3 is 0 Å². The van der Waals surface area contributed by atoms with Crippen LogP contribution in [0.5, 0.6) is 5.75 Å². The maximum absolute atomic E-state index is 12.0. The average Bonchev–Trinajstić information content (AvgIpc) is 2.59. The van der Waals surface area contributed by atoms with Crippen LogP contribution < -0.4 is 15.2 Å². The number of nitrogens with one attached hydrogen (secondary N) is 1. The minimum atomic E-state index is -3.88. The number of aryl methyl sites for hydroxylation is 1. The zero-order valence-corrected chi connectivity index (χ0v) is 15.3. The Morgan fingerprint density at radius 2 is 1.77 bits per heavy atom. The van der Waals surface area contributed by atoms with Crippen LogP contribution in [-0.2, 0) is 21.2 Å². The monoisotopic (exact) mass is 376 g/mol. The Labute approximate surface area is 152 Å². The van der Waals surface area contributed by atoms with E-state index in [1.807, 2.05) is 6.92 Å². The molecule has 2 rings (SSSR count). The topological polar surface area (TPSA) is 116 Å². The lowest BCUT2D eigenvalue weighted by molar-refractivity contribution is -0.118. The van der Waals surface area contributed by atoms with Crippen LogP contribution in [0.3, 0.4) is 0 Å². The summed E-state index contributed by atoms with van der Waals surface area (Å²) in [6.45, 7) is 3.01. The van der Waals surface area contributed by atoms with Gasteiger partial charge in [-0.1, -0.05) is 13.0 Å². The third-order valence-corrected chi connectivity index (χ3v) is 4.66. The second-order valence-corrected chi connectivity index (χ2v) is 7.17. The van der Waals surface area contributed by atoms with E-state index < -0.39 is 15.9 Å². The number of ketones is 1. The van der Waals surface area contributed by atoms with Gasteiger partial charge in [-0.3, -0.25) is 9.59 Å². The van der Waals surface area contributed by atoms with E-state index in [2.05, 4.69) is 5.32 Å².